The van der Waals surface area contributed by atoms with Crippen LogP contribution in [0.1, 0.15) is 17.1 Å². The average Bonchev–Trinajstić information content (AvgIpc) is 3.06. The lowest BCUT2D eigenvalue weighted by molar-refractivity contribution is -0.384. The predicted molar refractivity (Wildman–Crippen MR) is 111 cm³/mol. The van der Waals surface area contributed by atoms with Crippen LogP contribution in [0, 0.1) is 30.9 Å². The van der Waals surface area contributed by atoms with Crippen molar-refractivity contribution in [1.82, 2.24) is 19.7 Å². The molecule has 1 aromatic carbocycles. The van der Waals surface area contributed by atoms with E-state index in [1.54, 1.807) is 16.8 Å². The van der Waals surface area contributed by atoms with Gasteiger partial charge < -0.3 is 9.80 Å². The van der Waals surface area contributed by atoms with E-state index in [0.717, 1.165) is 54.8 Å². The number of aryl methyl sites for hydroxylation is 3. The van der Waals surface area contributed by atoms with Crippen molar-refractivity contribution < 1.29 is 4.92 Å². The van der Waals surface area contributed by atoms with Gasteiger partial charge in [-0.05, 0) is 39.0 Å². The Hall–Kier alpha value is -3.49. The Kier molecular flexibility index (Phi) is 4.87. The monoisotopic (exact) mass is 393 g/mol. The van der Waals surface area contributed by atoms with E-state index in [1.807, 2.05) is 45.0 Å². The molecule has 1 aliphatic rings. The van der Waals surface area contributed by atoms with Crippen LogP contribution in [0.3, 0.4) is 0 Å². The van der Waals surface area contributed by atoms with Crippen LogP contribution in [0.2, 0.25) is 0 Å². The highest BCUT2D eigenvalue weighted by Gasteiger charge is 2.20. The molecule has 0 saturated carbocycles. The zero-order valence-corrected chi connectivity index (χ0v) is 16.7. The number of rotatable bonds is 4. The average molecular weight is 393 g/mol. The van der Waals surface area contributed by atoms with Gasteiger partial charge in [-0.15, -0.1) is 0 Å². The highest BCUT2D eigenvalue weighted by molar-refractivity contribution is 5.53. The van der Waals surface area contributed by atoms with Gasteiger partial charge in [-0.2, -0.15) is 10.1 Å². The molecule has 1 saturated heterocycles. The SMILES string of the molecule is Cc1cc(N2CCN(c3ccc([N+](=O)[O-])cc3)CC2)nc(-n2nc(C)cc2C)n1. The smallest absolute Gasteiger partial charge is 0.269 e. The van der Waals surface area contributed by atoms with Crippen LogP contribution in [-0.4, -0.2) is 50.9 Å². The largest absolute Gasteiger partial charge is 0.368 e. The van der Waals surface area contributed by atoms with Crippen molar-refractivity contribution in [2.75, 3.05) is 36.0 Å². The van der Waals surface area contributed by atoms with Gasteiger partial charge >= 0.3 is 0 Å². The summed E-state index contributed by atoms with van der Waals surface area (Å²) in [5.41, 5.74) is 3.95. The van der Waals surface area contributed by atoms with Crippen LogP contribution in [-0.2, 0) is 0 Å². The Morgan fingerprint density at radius 3 is 2.14 bits per heavy atom. The van der Waals surface area contributed by atoms with Crippen LogP contribution in [0.15, 0.2) is 36.4 Å². The van der Waals surface area contributed by atoms with Crippen molar-refractivity contribution in [3.8, 4) is 5.95 Å². The molecule has 3 heterocycles. The second kappa shape index (κ2) is 7.50. The van der Waals surface area contributed by atoms with Gasteiger partial charge in [0.15, 0.2) is 0 Å². The molecular weight excluding hydrogens is 370 g/mol. The first-order valence-corrected chi connectivity index (χ1v) is 9.54. The maximum Gasteiger partial charge on any atom is 0.269 e. The number of hydrogen-bond donors (Lipinski definition) is 0. The summed E-state index contributed by atoms with van der Waals surface area (Å²) >= 11 is 0. The zero-order valence-electron chi connectivity index (χ0n) is 16.7. The lowest BCUT2D eigenvalue weighted by Gasteiger charge is -2.36. The minimum atomic E-state index is -0.375. The second-order valence-electron chi connectivity index (χ2n) is 7.25. The maximum atomic E-state index is 10.8. The number of aromatic nitrogens is 4. The molecule has 0 bridgehead atoms. The molecule has 9 nitrogen and oxygen atoms in total. The summed E-state index contributed by atoms with van der Waals surface area (Å²) in [7, 11) is 0. The summed E-state index contributed by atoms with van der Waals surface area (Å²) in [5.74, 6) is 1.48. The van der Waals surface area contributed by atoms with Crippen molar-refractivity contribution in [3.05, 3.63) is 63.6 Å². The van der Waals surface area contributed by atoms with Gasteiger partial charge in [-0.3, -0.25) is 10.1 Å². The molecule has 0 aliphatic carbocycles. The Labute approximate surface area is 168 Å². The molecule has 9 heteroatoms. The first-order valence-electron chi connectivity index (χ1n) is 9.54. The number of anilines is 2. The molecular formula is C20H23N7O2. The van der Waals surface area contributed by atoms with Crippen LogP contribution in [0.25, 0.3) is 5.95 Å². The van der Waals surface area contributed by atoms with E-state index >= 15 is 0 Å². The van der Waals surface area contributed by atoms with Gasteiger partial charge in [0.1, 0.15) is 5.82 Å². The van der Waals surface area contributed by atoms with Gasteiger partial charge in [-0.1, -0.05) is 0 Å². The third kappa shape index (κ3) is 3.89. The summed E-state index contributed by atoms with van der Waals surface area (Å²) in [6.45, 7) is 9.17. The van der Waals surface area contributed by atoms with E-state index in [0.29, 0.717) is 5.95 Å². The van der Waals surface area contributed by atoms with Gasteiger partial charge in [0, 0.05) is 61.5 Å². The number of benzene rings is 1. The number of piperazine rings is 1. The van der Waals surface area contributed by atoms with Gasteiger partial charge in [0.05, 0.1) is 10.6 Å². The molecule has 1 aliphatic heterocycles. The lowest BCUT2D eigenvalue weighted by Crippen LogP contribution is -2.47. The number of hydrogen-bond acceptors (Lipinski definition) is 7. The highest BCUT2D eigenvalue weighted by atomic mass is 16.6. The Morgan fingerprint density at radius 1 is 0.897 bits per heavy atom. The molecule has 3 aromatic rings. The molecule has 2 aromatic heterocycles. The minimum absolute atomic E-state index is 0.112. The zero-order chi connectivity index (χ0) is 20.5. The summed E-state index contributed by atoms with van der Waals surface area (Å²) in [4.78, 5) is 24.2. The van der Waals surface area contributed by atoms with Gasteiger partial charge in [0.25, 0.3) is 11.6 Å². The van der Waals surface area contributed by atoms with Crippen molar-refractivity contribution in [2.45, 2.75) is 20.8 Å². The molecule has 0 amide bonds. The molecule has 4 rings (SSSR count). The van der Waals surface area contributed by atoms with Crippen molar-refractivity contribution in [3.63, 3.8) is 0 Å². The van der Waals surface area contributed by atoms with Gasteiger partial charge in [0.2, 0.25) is 0 Å². The van der Waals surface area contributed by atoms with Crippen molar-refractivity contribution in [2.24, 2.45) is 0 Å². The normalized spacial score (nSPS) is 14.3. The van der Waals surface area contributed by atoms with Crippen LogP contribution >= 0.6 is 0 Å². The highest BCUT2D eigenvalue weighted by Crippen LogP contribution is 2.23. The number of nitro benzene ring substituents is 1. The number of nitrogens with zero attached hydrogens (tertiary/aromatic N) is 7. The first kappa shape index (κ1) is 18.9. The quantitative estimate of drug-likeness (QED) is 0.497. The van der Waals surface area contributed by atoms with E-state index in [2.05, 4.69) is 19.9 Å². The van der Waals surface area contributed by atoms with E-state index in [1.165, 1.54) is 0 Å². The van der Waals surface area contributed by atoms with Crippen molar-refractivity contribution in [1.29, 1.82) is 0 Å². The topological polar surface area (TPSA) is 93.2 Å². The molecule has 29 heavy (non-hydrogen) atoms. The van der Waals surface area contributed by atoms with Crippen LogP contribution < -0.4 is 9.80 Å². The fraction of sp³-hybridized carbons (Fsp3) is 0.350. The van der Waals surface area contributed by atoms with E-state index in [4.69, 9.17) is 4.98 Å². The van der Waals surface area contributed by atoms with E-state index < -0.39 is 0 Å². The Balaban J connectivity index is 1.50. The summed E-state index contributed by atoms with van der Waals surface area (Å²) < 4.78 is 1.78. The maximum absolute atomic E-state index is 10.8. The number of nitro groups is 1. The Bertz CT molecular complexity index is 1040. The lowest BCUT2D eigenvalue weighted by atomic mass is 10.2. The second-order valence-corrected chi connectivity index (χ2v) is 7.25. The first-order chi connectivity index (χ1) is 13.9. The van der Waals surface area contributed by atoms with Crippen LogP contribution in [0.4, 0.5) is 17.2 Å². The third-order valence-electron chi connectivity index (χ3n) is 5.06. The molecule has 150 valence electrons. The van der Waals surface area contributed by atoms with E-state index in [9.17, 15) is 10.1 Å². The number of non-ortho nitro benzene ring substituents is 1. The predicted octanol–water partition coefficient (Wildman–Crippen LogP) is 2.82. The summed E-state index contributed by atoms with van der Waals surface area (Å²) in [6.07, 6.45) is 0. The molecule has 0 unspecified atom stereocenters. The molecule has 0 N–H and O–H groups in total. The standard InChI is InChI=1S/C20H23N7O2/c1-14-13-19(22-20(21-14)26-16(3)12-15(2)23-26)25-10-8-24(9-11-25)17-4-6-18(7-5-17)27(28)29/h4-7,12-13H,8-11H2,1-3H3. The fourth-order valence-electron chi connectivity index (χ4n) is 3.60. The summed E-state index contributed by atoms with van der Waals surface area (Å²) in [6, 6.07) is 10.7. The molecule has 0 spiro atoms. The Morgan fingerprint density at radius 2 is 1.55 bits per heavy atom. The third-order valence-corrected chi connectivity index (χ3v) is 5.06. The van der Waals surface area contributed by atoms with Crippen molar-refractivity contribution >= 4 is 17.2 Å². The molecule has 1 fully saturated rings. The van der Waals surface area contributed by atoms with Crippen LogP contribution in [0.5, 0.6) is 0 Å². The summed E-state index contributed by atoms with van der Waals surface area (Å²) in [5, 5.41) is 15.3. The van der Waals surface area contributed by atoms with E-state index in [-0.39, 0.29) is 10.6 Å². The molecule has 0 atom stereocenters. The van der Waals surface area contributed by atoms with Gasteiger partial charge in [-0.25, -0.2) is 9.67 Å². The minimum Gasteiger partial charge on any atom is -0.368 e. The fourth-order valence-corrected chi connectivity index (χ4v) is 3.60. The molecule has 0 radical (unpaired) electrons.